The largest absolute Gasteiger partial charge is 0.472 e. The van der Waals surface area contributed by atoms with Gasteiger partial charge in [-0.3, -0.25) is 14.7 Å². The highest BCUT2D eigenvalue weighted by molar-refractivity contribution is 7.92. The number of H-pyrrole nitrogens is 1. The summed E-state index contributed by atoms with van der Waals surface area (Å²) in [6, 6.07) is 9.83. The third-order valence-corrected chi connectivity index (χ3v) is 7.96. The normalized spacial score (nSPS) is 16.7. The van der Waals surface area contributed by atoms with E-state index in [1.54, 1.807) is 24.3 Å². The smallest absolute Gasteiger partial charge is 0.264 e. The van der Waals surface area contributed by atoms with Crippen molar-refractivity contribution in [2.45, 2.75) is 37.7 Å². The molecule has 0 amide bonds. The first kappa shape index (κ1) is 25.4. The molecule has 2 aromatic carbocycles. The summed E-state index contributed by atoms with van der Waals surface area (Å²) in [5.41, 5.74) is 2.20. The van der Waals surface area contributed by atoms with Gasteiger partial charge in [-0.15, -0.1) is 0 Å². The SMILES string of the molecule is CCN1CCCC(Oc2nc(-c3ccc(NS(=O)(=O)c4cc(Cl)ccc4F)cc3)nc3n[nH]c(C)c23)C1. The number of aromatic amines is 1. The van der Waals surface area contributed by atoms with E-state index in [2.05, 4.69) is 31.7 Å². The van der Waals surface area contributed by atoms with Crippen molar-refractivity contribution in [1.82, 2.24) is 25.1 Å². The quantitative estimate of drug-likeness (QED) is 0.344. The number of halogens is 2. The first-order chi connectivity index (χ1) is 17.7. The number of hydrogen-bond donors (Lipinski definition) is 2. The fourth-order valence-corrected chi connectivity index (χ4v) is 5.78. The first-order valence-electron chi connectivity index (χ1n) is 11.9. The number of benzene rings is 2. The number of fused-ring (bicyclic) bond motifs is 1. The van der Waals surface area contributed by atoms with Crippen molar-refractivity contribution < 1.29 is 17.5 Å². The molecule has 3 heterocycles. The predicted octanol–water partition coefficient (Wildman–Crippen LogP) is 4.78. The molecule has 1 fully saturated rings. The zero-order chi connectivity index (χ0) is 26.2. The van der Waals surface area contributed by atoms with E-state index in [-0.39, 0.29) is 16.8 Å². The molecule has 1 aliphatic rings. The third kappa shape index (κ3) is 5.39. The van der Waals surface area contributed by atoms with Crippen LogP contribution in [0.2, 0.25) is 5.02 Å². The Labute approximate surface area is 219 Å². The second-order valence-electron chi connectivity index (χ2n) is 8.93. The van der Waals surface area contributed by atoms with Crippen molar-refractivity contribution in [1.29, 1.82) is 0 Å². The van der Waals surface area contributed by atoms with E-state index in [0.717, 1.165) is 55.7 Å². The molecule has 12 heteroatoms. The van der Waals surface area contributed by atoms with Gasteiger partial charge in [-0.05, 0) is 75.3 Å². The van der Waals surface area contributed by atoms with E-state index >= 15 is 0 Å². The number of anilines is 1. The van der Waals surface area contributed by atoms with Gasteiger partial charge in [0.25, 0.3) is 10.0 Å². The molecule has 4 aromatic rings. The van der Waals surface area contributed by atoms with E-state index in [1.807, 2.05) is 6.92 Å². The second kappa shape index (κ2) is 10.2. The highest BCUT2D eigenvalue weighted by Gasteiger charge is 2.24. The van der Waals surface area contributed by atoms with Gasteiger partial charge < -0.3 is 4.74 Å². The molecule has 194 valence electrons. The summed E-state index contributed by atoms with van der Waals surface area (Å²) < 4.78 is 48.2. The van der Waals surface area contributed by atoms with E-state index in [4.69, 9.17) is 21.3 Å². The maximum absolute atomic E-state index is 14.1. The topological polar surface area (TPSA) is 113 Å². The molecule has 0 spiro atoms. The Balaban J connectivity index is 1.42. The van der Waals surface area contributed by atoms with E-state index in [9.17, 15) is 12.8 Å². The van der Waals surface area contributed by atoms with Gasteiger partial charge >= 0.3 is 0 Å². The molecule has 0 radical (unpaired) electrons. The van der Waals surface area contributed by atoms with Crippen LogP contribution >= 0.6 is 11.6 Å². The molecule has 0 bridgehead atoms. The number of hydrogen-bond acceptors (Lipinski definition) is 7. The summed E-state index contributed by atoms with van der Waals surface area (Å²) in [5, 5.41) is 8.11. The number of nitrogens with zero attached hydrogens (tertiary/aromatic N) is 4. The standard InChI is InChI=1S/C25H26ClFN6O3S/c1-3-33-12-4-5-19(14-33)36-25-22-15(2)30-31-24(22)28-23(29-25)16-6-9-18(10-7-16)32-37(34,35)21-13-17(26)8-11-20(21)27/h6-11,13,19,32H,3-5,12,14H2,1-2H3,(H,28,29,30,31). The van der Waals surface area contributed by atoms with E-state index in [0.29, 0.717) is 22.9 Å². The Morgan fingerprint density at radius 2 is 2.00 bits per heavy atom. The summed E-state index contributed by atoms with van der Waals surface area (Å²) in [6.45, 7) is 6.89. The summed E-state index contributed by atoms with van der Waals surface area (Å²) in [6.07, 6.45) is 2.01. The monoisotopic (exact) mass is 544 g/mol. The van der Waals surface area contributed by atoms with Crippen LogP contribution in [-0.4, -0.2) is 59.2 Å². The molecule has 1 atom stereocenters. The number of aromatic nitrogens is 4. The molecule has 0 saturated carbocycles. The van der Waals surface area contributed by atoms with E-state index in [1.165, 1.54) is 6.07 Å². The Kier molecular flexibility index (Phi) is 7.02. The van der Waals surface area contributed by atoms with Crippen LogP contribution in [0.1, 0.15) is 25.5 Å². The summed E-state index contributed by atoms with van der Waals surface area (Å²) in [5.74, 6) is -0.0278. The lowest BCUT2D eigenvalue weighted by Gasteiger charge is -2.31. The van der Waals surface area contributed by atoms with Crippen LogP contribution in [-0.2, 0) is 10.0 Å². The average molecular weight is 545 g/mol. The van der Waals surface area contributed by atoms with Crippen LogP contribution < -0.4 is 9.46 Å². The van der Waals surface area contributed by atoms with Crippen molar-refractivity contribution in [2.24, 2.45) is 0 Å². The molecule has 2 N–H and O–H groups in total. The summed E-state index contributed by atoms with van der Waals surface area (Å²) in [7, 11) is -4.18. The lowest BCUT2D eigenvalue weighted by atomic mass is 10.1. The second-order valence-corrected chi connectivity index (χ2v) is 11.0. The van der Waals surface area contributed by atoms with Gasteiger partial charge in [-0.2, -0.15) is 10.1 Å². The number of aryl methyl sites for hydroxylation is 1. The maximum atomic E-state index is 14.1. The van der Waals surface area contributed by atoms with Crippen LogP contribution in [0.25, 0.3) is 22.4 Å². The molecule has 1 saturated heterocycles. The van der Waals surface area contributed by atoms with Crippen LogP contribution in [0.3, 0.4) is 0 Å². The van der Waals surface area contributed by atoms with Crippen molar-refractivity contribution >= 4 is 38.3 Å². The molecular formula is C25H26ClFN6O3S. The summed E-state index contributed by atoms with van der Waals surface area (Å²) >= 11 is 5.85. The van der Waals surface area contributed by atoms with Gasteiger partial charge in [0.1, 0.15) is 22.2 Å². The number of ether oxygens (including phenoxy) is 1. The van der Waals surface area contributed by atoms with Gasteiger partial charge in [0.05, 0.1) is 0 Å². The van der Waals surface area contributed by atoms with Gasteiger partial charge in [-0.25, -0.2) is 17.8 Å². The zero-order valence-electron chi connectivity index (χ0n) is 20.3. The van der Waals surface area contributed by atoms with Gasteiger partial charge in [0, 0.05) is 28.5 Å². The summed E-state index contributed by atoms with van der Waals surface area (Å²) in [4.78, 5) is 11.1. The lowest BCUT2D eigenvalue weighted by molar-refractivity contribution is 0.0896. The van der Waals surface area contributed by atoms with Crippen molar-refractivity contribution in [3.8, 4) is 17.3 Å². The molecule has 1 unspecified atom stereocenters. The fourth-order valence-electron chi connectivity index (χ4n) is 4.38. The van der Waals surface area contributed by atoms with Crippen LogP contribution in [0, 0.1) is 12.7 Å². The number of nitrogens with one attached hydrogen (secondary N) is 2. The van der Waals surface area contributed by atoms with Crippen LogP contribution in [0.4, 0.5) is 10.1 Å². The third-order valence-electron chi connectivity index (χ3n) is 6.33. The van der Waals surface area contributed by atoms with Crippen molar-refractivity contribution in [3.63, 3.8) is 0 Å². The molecular weight excluding hydrogens is 519 g/mol. The van der Waals surface area contributed by atoms with Crippen molar-refractivity contribution in [3.05, 3.63) is 59.0 Å². The lowest BCUT2D eigenvalue weighted by Crippen LogP contribution is -2.41. The van der Waals surface area contributed by atoms with Gasteiger partial charge in [0.15, 0.2) is 11.5 Å². The Morgan fingerprint density at radius 1 is 1.22 bits per heavy atom. The molecule has 5 rings (SSSR count). The minimum Gasteiger partial charge on any atom is -0.472 e. The number of likely N-dealkylation sites (tertiary alicyclic amines) is 1. The van der Waals surface area contributed by atoms with Gasteiger partial charge in [-0.1, -0.05) is 18.5 Å². The van der Waals surface area contributed by atoms with E-state index < -0.39 is 20.7 Å². The highest BCUT2D eigenvalue weighted by atomic mass is 35.5. The number of piperidine rings is 1. The molecule has 1 aliphatic heterocycles. The van der Waals surface area contributed by atoms with Gasteiger partial charge in [0.2, 0.25) is 5.88 Å². The minimum atomic E-state index is -4.18. The Hall–Kier alpha value is -3.28. The molecule has 9 nitrogen and oxygen atoms in total. The van der Waals surface area contributed by atoms with Crippen molar-refractivity contribution in [2.75, 3.05) is 24.4 Å². The molecule has 0 aliphatic carbocycles. The number of rotatable bonds is 7. The maximum Gasteiger partial charge on any atom is 0.264 e. The zero-order valence-corrected chi connectivity index (χ0v) is 21.9. The number of sulfonamides is 1. The van der Waals surface area contributed by atoms with Crippen LogP contribution in [0.5, 0.6) is 5.88 Å². The fraction of sp³-hybridized carbons (Fsp3) is 0.320. The average Bonchev–Trinajstić information content (AvgIpc) is 3.26. The minimum absolute atomic E-state index is 0.0117. The predicted molar refractivity (Wildman–Crippen MR) is 140 cm³/mol. The molecule has 37 heavy (non-hydrogen) atoms. The Bertz CT molecular complexity index is 1540. The molecule has 2 aromatic heterocycles. The number of likely N-dealkylation sites (N-methyl/N-ethyl adjacent to an activating group) is 1. The highest BCUT2D eigenvalue weighted by Crippen LogP contribution is 2.30. The Morgan fingerprint density at radius 3 is 2.76 bits per heavy atom. The van der Waals surface area contributed by atoms with Crippen LogP contribution in [0.15, 0.2) is 47.4 Å². The first-order valence-corrected chi connectivity index (χ1v) is 13.8.